The topological polar surface area (TPSA) is 62.1 Å². The van der Waals surface area contributed by atoms with Crippen LogP contribution in [0.3, 0.4) is 0 Å². The molecule has 0 aliphatic carbocycles. The summed E-state index contributed by atoms with van der Waals surface area (Å²) in [7, 11) is 0. The van der Waals surface area contributed by atoms with Crippen molar-refractivity contribution in [2.45, 2.75) is 0 Å². The fourth-order valence-corrected chi connectivity index (χ4v) is 3.54. The quantitative estimate of drug-likeness (QED) is 0.322. The zero-order chi connectivity index (χ0) is 19.8. The molecule has 0 radical (unpaired) electrons. The summed E-state index contributed by atoms with van der Waals surface area (Å²) < 4.78 is 0. The number of azo groups is 1. The average Bonchev–Trinajstić information content (AvgIpc) is 2.77. The number of rotatable bonds is 3. The van der Waals surface area contributed by atoms with Gasteiger partial charge in [-0.3, -0.25) is 9.59 Å². The van der Waals surface area contributed by atoms with Crippen LogP contribution in [-0.4, -0.2) is 11.8 Å². The van der Waals surface area contributed by atoms with Gasteiger partial charge in [0.05, 0.1) is 17.1 Å². The summed E-state index contributed by atoms with van der Waals surface area (Å²) in [6.45, 7) is 0. The third-order valence-corrected chi connectivity index (χ3v) is 4.92. The van der Waals surface area contributed by atoms with E-state index in [0.717, 1.165) is 16.5 Å². The van der Waals surface area contributed by atoms with Crippen LogP contribution in [-0.2, 0) is 0 Å². The van der Waals surface area contributed by atoms with Gasteiger partial charge in [0.15, 0.2) is 0 Å². The molecule has 5 nitrogen and oxygen atoms in total. The molecule has 0 aromatic heterocycles. The van der Waals surface area contributed by atoms with Crippen LogP contribution < -0.4 is 4.90 Å². The van der Waals surface area contributed by atoms with E-state index in [1.54, 1.807) is 36.4 Å². The summed E-state index contributed by atoms with van der Waals surface area (Å²) >= 11 is 0. The van der Waals surface area contributed by atoms with Crippen molar-refractivity contribution in [2.75, 3.05) is 4.90 Å². The van der Waals surface area contributed by atoms with Crippen molar-refractivity contribution in [3.63, 3.8) is 0 Å². The second kappa shape index (κ2) is 6.80. The minimum Gasteiger partial charge on any atom is -0.268 e. The first kappa shape index (κ1) is 17.0. The Morgan fingerprint density at radius 1 is 0.552 bits per heavy atom. The third-order valence-electron chi connectivity index (χ3n) is 4.92. The molecular formula is C24H15N3O2. The molecule has 0 bridgehead atoms. The Labute approximate surface area is 166 Å². The van der Waals surface area contributed by atoms with Crippen LogP contribution in [0.25, 0.3) is 10.8 Å². The van der Waals surface area contributed by atoms with Gasteiger partial charge in [0.2, 0.25) is 0 Å². The third kappa shape index (κ3) is 2.89. The Bertz CT molecular complexity index is 1230. The SMILES string of the molecule is O=C1c2cccc3cccc(c23)C(=O)N1c1ccc(N=Nc2ccccc2)cc1. The van der Waals surface area contributed by atoms with E-state index in [1.807, 2.05) is 54.6 Å². The van der Waals surface area contributed by atoms with Gasteiger partial charge in [-0.1, -0.05) is 42.5 Å². The van der Waals surface area contributed by atoms with Crippen LogP contribution >= 0.6 is 0 Å². The van der Waals surface area contributed by atoms with E-state index in [9.17, 15) is 9.59 Å². The van der Waals surface area contributed by atoms with Crippen molar-refractivity contribution in [3.05, 3.63) is 102 Å². The summed E-state index contributed by atoms with van der Waals surface area (Å²) in [5.41, 5.74) is 2.96. The molecule has 138 valence electrons. The van der Waals surface area contributed by atoms with Gasteiger partial charge in [-0.2, -0.15) is 10.2 Å². The van der Waals surface area contributed by atoms with E-state index in [2.05, 4.69) is 10.2 Å². The molecule has 4 aromatic carbocycles. The number of benzene rings is 4. The number of hydrogen-bond donors (Lipinski definition) is 0. The largest absolute Gasteiger partial charge is 0.268 e. The number of imide groups is 1. The van der Waals surface area contributed by atoms with E-state index in [0.29, 0.717) is 22.5 Å². The van der Waals surface area contributed by atoms with Crippen molar-refractivity contribution < 1.29 is 9.59 Å². The average molecular weight is 377 g/mol. The summed E-state index contributed by atoms with van der Waals surface area (Å²) in [6, 6.07) is 27.3. The molecule has 0 N–H and O–H groups in total. The van der Waals surface area contributed by atoms with Gasteiger partial charge in [0.25, 0.3) is 11.8 Å². The van der Waals surface area contributed by atoms with Crippen molar-refractivity contribution in [1.82, 2.24) is 0 Å². The first-order valence-electron chi connectivity index (χ1n) is 9.20. The Morgan fingerprint density at radius 3 is 1.69 bits per heavy atom. The number of amides is 2. The molecule has 1 aliphatic heterocycles. The maximum atomic E-state index is 13.1. The molecule has 0 saturated heterocycles. The lowest BCUT2D eigenvalue weighted by Crippen LogP contribution is -2.40. The van der Waals surface area contributed by atoms with Crippen LogP contribution in [0.15, 0.2) is 101 Å². The summed E-state index contributed by atoms with van der Waals surface area (Å²) in [4.78, 5) is 27.4. The number of anilines is 1. The zero-order valence-electron chi connectivity index (χ0n) is 15.3. The summed E-state index contributed by atoms with van der Waals surface area (Å²) in [6.07, 6.45) is 0. The van der Waals surface area contributed by atoms with Gasteiger partial charge in [0, 0.05) is 16.5 Å². The number of nitrogens with zero attached hydrogens (tertiary/aromatic N) is 3. The fourth-order valence-electron chi connectivity index (χ4n) is 3.54. The van der Waals surface area contributed by atoms with E-state index >= 15 is 0 Å². The molecule has 5 heteroatoms. The van der Waals surface area contributed by atoms with Gasteiger partial charge >= 0.3 is 0 Å². The van der Waals surface area contributed by atoms with E-state index in [-0.39, 0.29) is 11.8 Å². The highest BCUT2D eigenvalue weighted by molar-refractivity contribution is 6.35. The first-order valence-corrected chi connectivity index (χ1v) is 9.20. The van der Waals surface area contributed by atoms with Gasteiger partial charge in [0.1, 0.15) is 0 Å². The number of hydrogen-bond acceptors (Lipinski definition) is 4. The van der Waals surface area contributed by atoms with Gasteiger partial charge in [-0.05, 0) is 53.9 Å². The zero-order valence-corrected chi connectivity index (χ0v) is 15.3. The van der Waals surface area contributed by atoms with Crippen molar-refractivity contribution in [2.24, 2.45) is 10.2 Å². The molecule has 5 rings (SSSR count). The molecule has 0 spiro atoms. The predicted molar refractivity (Wildman–Crippen MR) is 112 cm³/mol. The first-order chi connectivity index (χ1) is 14.2. The maximum absolute atomic E-state index is 13.1. The van der Waals surface area contributed by atoms with Crippen LogP contribution in [0.4, 0.5) is 17.1 Å². The van der Waals surface area contributed by atoms with Crippen LogP contribution in [0.2, 0.25) is 0 Å². The molecule has 0 fully saturated rings. The molecule has 0 saturated carbocycles. The molecule has 29 heavy (non-hydrogen) atoms. The predicted octanol–water partition coefficient (Wildman–Crippen LogP) is 6.06. The standard InChI is InChI=1S/C24H15N3O2/c28-23-20-10-4-6-16-7-5-11-21(22(16)20)24(29)27(23)19-14-12-18(13-15-19)26-25-17-8-2-1-3-9-17/h1-15H. The van der Waals surface area contributed by atoms with Crippen LogP contribution in [0, 0.1) is 0 Å². The van der Waals surface area contributed by atoms with Crippen molar-refractivity contribution >= 4 is 39.6 Å². The number of carbonyl (C=O) groups excluding carboxylic acids is 2. The Kier molecular flexibility index (Phi) is 3.99. The van der Waals surface area contributed by atoms with E-state index in [4.69, 9.17) is 0 Å². The highest BCUT2D eigenvalue weighted by atomic mass is 16.2. The van der Waals surface area contributed by atoms with Gasteiger partial charge in [-0.15, -0.1) is 0 Å². The Balaban J connectivity index is 1.49. The van der Waals surface area contributed by atoms with Crippen LogP contribution in [0.5, 0.6) is 0 Å². The Morgan fingerprint density at radius 2 is 1.10 bits per heavy atom. The summed E-state index contributed by atoms with van der Waals surface area (Å²) in [5, 5.41) is 9.99. The van der Waals surface area contributed by atoms with E-state index in [1.165, 1.54) is 4.90 Å². The monoisotopic (exact) mass is 377 g/mol. The summed E-state index contributed by atoms with van der Waals surface area (Å²) in [5.74, 6) is -0.643. The fraction of sp³-hybridized carbons (Fsp3) is 0. The molecule has 4 aromatic rings. The normalized spacial score (nSPS) is 13.4. The lowest BCUT2D eigenvalue weighted by atomic mass is 9.94. The minimum absolute atomic E-state index is 0.321. The number of carbonyl (C=O) groups is 2. The minimum atomic E-state index is -0.321. The second-order valence-corrected chi connectivity index (χ2v) is 6.71. The van der Waals surface area contributed by atoms with Crippen LogP contribution in [0.1, 0.15) is 20.7 Å². The highest BCUT2D eigenvalue weighted by Gasteiger charge is 2.33. The molecular weight excluding hydrogens is 362 g/mol. The second-order valence-electron chi connectivity index (χ2n) is 6.71. The molecule has 0 unspecified atom stereocenters. The smallest absolute Gasteiger partial charge is 0.265 e. The van der Waals surface area contributed by atoms with Gasteiger partial charge < -0.3 is 0 Å². The van der Waals surface area contributed by atoms with E-state index < -0.39 is 0 Å². The molecule has 2 amide bonds. The lowest BCUT2D eigenvalue weighted by molar-refractivity contribution is 0.0893. The lowest BCUT2D eigenvalue weighted by Gasteiger charge is -2.27. The van der Waals surface area contributed by atoms with Crippen molar-refractivity contribution in [1.29, 1.82) is 0 Å². The van der Waals surface area contributed by atoms with Crippen molar-refractivity contribution in [3.8, 4) is 0 Å². The van der Waals surface area contributed by atoms with Gasteiger partial charge in [-0.25, -0.2) is 4.90 Å². The Hall–Kier alpha value is -4.12. The molecule has 1 heterocycles. The highest BCUT2D eigenvalue weighted by Crippen LogP contribution is 2.33. The molecule has 1 aliphatic rings. The maximum Gasteiger partial charge on any atom is 0.265 e. The molecule has 0 atom stereocenters.